The smallest absolute Gasteiger partial charge is 0.330 e. The van der Waals surface area contributed by atoms with E-state index in [0.717, 1.165) is 22.4 Å². The minimum absolute atomic E-state index is 0.112. The van der Waals surface area contributed by atoms with Crippen LogP contribution in [0.4, 0.5) is 17.1 Å². The SMILES string of the molecule is COc1ccc(-c2ccc(/C=C/C(=O)OCCCC(=O)Nc3ccc(N)cc3N)c(OC)c2)cc1. The first-order valence-corrected chi connectivity index (χ1v) is 11.0. The van der Waals surface area contributed by atoms with Gasteiger partial charge in [-0.2, -0.15) is 0 Å². The highest BCUT2D eigenvalue weighted by Gasteiger charge is 2.08. The maximum atomic E-state index is 12.1. The van der Waals surface area contributed by atoms with Gasteiger partial charge in [0, 0.05) is 23.7 Å². The summed E-state index contributed by atoms with van der Waals surface area (Å²) in [5.74, 6) is 0.677. The average Bonchev–Trinajstić information content (AvgIpc) is 2.87. The Bertz CT molecular complexity index is 1210. The molecule has 0 radical (unpaired) electrons. The molecule has 0 saturated heterocycles. The van der Waals surface area contributed by atoms with Crippen LogP contribution in [-0.2, 0) is 14.3 Å². The predicted octanol–water partition coefficient (Wildman–Crippen LogP) is 4.51. The molecule has 3 aromatic rings. The van der Waals surface area contributed by atoms with Gasteiger partial charge in [0.15, 0.2) is 0 Å². The molecule has 182 valence electrons. The van der Waals surface area contributed by atoms with E-state index in [-0.39, 0.29) is 18.9 Å². The lowest BCUT2D eigenvalue weighted by atomic mass is 10.0. The topological polar surface area (TPSA) is 126 Å². The first-order valence-electron chi connectivity index (χ1n) is 11.0. The number of rotatable bonds is 10. The molecule has 3 aromatic carbocycles. The number of benzene rings is 3. The number of ether oxygens (including phenoxy) is 3. The molecule has 0 aliphatic heterocycles. The first-order chi connectivity index (χ1) is 16.9. The Kier molecular flexibility index (Phi) is 8.72. The molecule has 0 fully saturated rings. The van der Waals surface area contributed by atoms with Gasteiger partial charge in [-0.3, -0.25) is 4.79 Å². The van der Waals surface area contributed by atoms with Gasteiger partial charge in [0.1, 0.15) is 11.5 Å². The fourth-order valence-corrected chi connectivity index (χ4v) is 3.33. The van der Waals surface area contributed by atoms with Gasteiger partial charge < -0.3 is 31.0 Å². The van der Waals surface area contributed by atoms with E-state index in [1.807, 2.05) is 42.5 Å². The van der Waals surface area contributed by atoms with Crippen molar-refractivity contribution in [2.75, 3.05) is 37.6 Å². The summed E-state index contributed by atoms with van der Waals surface area (Å²) in [6.45, 7) is 0.112. The molecule has 0 bridgehead atoms. The molecule has 0 aliphatic rings. The average molecular weight is 476 g/mol. The van der Waals surface area contributed by atoms with Crippen LogP contribution >= 0.6 is 0 Å². The van der Waals surface area contributed by atoms with Gasteiger partial charge in [-0.25, -0.2) is 4.79 Å². The summed E-state index contributed by atoms with van der Waals surface area (Å²) in [5, 5.41) is 2.71. The number of nitrogens with one attached hydrogen (secondary N) is 1. The van der Waals surface area contributed by atoms with Crippen LogP contribution < -0.4 is 26.3 Å². The molecule has 1 amide bonds. The third-order valence-corrected chi connectivity index (χ3v) is 5.20. The standard InChI is InChI=1S/C27H29N3O5/c1-33-22-11-7-18(8-12-22)20-6-5-19(25(16-20)34-2)9-14-27(32)35-15-3-4-26(31)30-24-13-10-21(28)17-23(24)29/h5-14,16-17H,3-4,15,28-29H2,1-2H3,(H,30,31)/b14-9+. The molecule has 0 saturated carbocycles. The summed E-state index contributed by atoms with van der Waals surface area (Å²) in [6, 6.07) is 18.3. The molecule has 8 nitrogen and oxygen atoms in total. The second-order valence-electron chi connectivity index (χ2n) is 7.68. The molecule has 0 heterocycles. The number of hydrogen-bond donors (Lipinski definition) is 3. The Labute approximate surface area is 204 Å². The van der Waals surface area contributed by atoms with Crippen LogP contribution in [0.2, 0.25) is 0 Å². The van der Waals surface area contributed by atoms with Crippen LogP contribution in [0.15, 0.2) is 66.7 Å². The van der Waals surface area contributed by atoms with Gasteiger partial charge >= 0.3 is 5.97 Å². The number of amides is 1. The Morgan fingerprint density at radius 1 is 0.914 bits per heavy atom. The fourth-order valence-electron chi connectivity index (χ4n) is 3.33. The van der Waals surface area contributed by atoms with Gasteiger partial charge in [-0.15, -0.1) is 0 Å². The molecule has 3 rings (SSSR count). The number of hydrogen-bond acceptors (Lipinski definition) is 7. The Morgan fingerprint density at radius 2 is 1.66 bits per heavy atom. The summed E-state index contributed by atoms with van der Waals surface area (Å²) in [7, 11) is 3.20. The van der Waals surface area contributed by atoms with Crippen molar-refractivity contribution in [2.45, 2.75) is 12.8 Å². The second-order valence-corrected chi connectivity index (χ2v) is 7.68. The van der Waals surface area contributed by atoms with Crippen molar-refractivity contribution in [3.05, 3.63) is 72.3 Å². The maximum absolute atomic E-state index is 12.1. The predicted molar refractivity (Wildman–Crippen MR) is 138 cm³/mol. The number of methoxy groups -OCH3 is 2. The molecule has 0 aromatic heterocycles. The van der Waals surface area contributed by atoms with Crippen LogP contribution in [0, 0.1) is 0 Å². The van der Waals surface area contributed by atoms with Crippen molar-refractivity contribution in [3.8, 4) is 22.6 Å². The van der Waals surface area contributed by atoms with Crippen molar-refractivity contribution < 1.29 is 23.8 Å². The van der Waals surface area contributed by atoms with E-state index in [1.54, 1.807) is 38.5 Å². The molecular weight excluding hydrogens is 446 g/mol. The summed E-state index contributed by atoms with van der Waals surface area (Å²) >= 11 is 0. The minimum Gasteiger partial charge on any atom is -0.497 e. The number of esters is 1. The van der Waals surface area contributed by atoms with Gasteiger partial charge in [-0.05, 0) is 60.0 Å². The molecule has 0 atom stereocenters. The highest BCUT2D eigenvalue weighted by atomic mass is 16.5. The summed E-state index contributed by atoms with van der Waals surface area (Å²) in [4.78, 5) is 24.2. The Morgan fingerprint density at radius 3 is 2.34 bits per heavy atom. The van der Waals surface area contributed by atoms with E-state index in [4.69, 9.17) is 25.7 Å². The molecule has 0 aliphatic carbocycles. The highest BCUT2D eigenvalue weighted by molar-refractivity contribution is 5.94. The lowest BCUT2D eigenvalue weighted by molar-refractivity contribution is -0.138. The second kappa shape index (κ2) is 12.1. The van der Waals surface area contributed by atoms with E-state index in [2.05, 4.69) is 5.32 Å². The van der Waals surface area contributed by atoms with E-state index < -0.39 is 5.97 Å². The van der Waals surface area contributed by atoms with E-state index >= 15 is 0 Å². The monoisotopic (exact) mass is 475 g/mol. The molecule has 8 heteroatoms. The summed E-state index contributed by atoms with van der Waals surface area (Å²) < 4.78 is 15.9. The quantitative estimate of drug-likeness (QED) is 0.170. The normalized spacial score (nSPS) is 10.7. The van der Waals surface area contributed by atoms with Crippen LogP contribution in [0.1, 0.15) is 18.4 Å². The number of carbonyl (C=O) groups is 2. The fraction of sp³-hybridized carbons (Fsp3) is 0.185. The maximum Gasteiger partial charge on any atom is 0.330 e. The van der Waals surface area contributed by atoms with Crippen LogP contribution in [0.5, 0.6) is 11.5 Å². The molecule has 5 N–H and O–H groups in total. The highest BCUT2D eigenvalue weighted by Crippen LogP contribution is 2.29. The lowest BCUT2D eigenvalue weighted by Gasteiger charge is -2.09. The van der Waals surface area contributed by atoms with Crippen LogP contribution in [-0.4, -0.2) is 32.7 Å². The van der Waals surface area contributed by atoms with Crippen molar-refractivity contribution >= 4 is 35.0 Å². The van der Waals surface area contributed by atoms with Crippen molar-refractivity contribution in [1.82, 2.24) is 0 Å². The zero-order valence-electron chi connectivity index (χ0n) is 19.7. The van der Waals surface area contributed by atoms with Gasteiger partial charge in [-0.1, -0.05) is 24.3 Å². The summed E-state index contributed by atoms with van der Waals surface area (Å²) in [6.07, 6.45) is 3.53. The number of anilines is 3. The van der Waals surface area contributed by atoms with Crippen LogP contribution in [0.3, 0.4) is 0 Å². The van der Waals surface area contributed by atoms with Crippen molar-refractivity contribution in [2.24, 2.45) is 0 Å². The van der Waals surface area contributed by atoms with Gasteiger partial charge in [0.05, 0.1) is 32.2 Å². The lowest BCUT2D eigenvalue weighted by Crippen LogP contribution is -2.14. The number of nitrogens with two attached hydrogens (primary N) is 2. The largest absolute Gasteiger partial charge is 0.497 e. The molecular formula is C27H29N3O5. The Hall–Kier alpha value is -4.46. The van der Waals surface area contributed by atoms with E-state index in [0.29, 0.717) is 29.2 Å². The number of nitrogen functional groups attached to an aromatic ring is 2. The van der Waals surface area contributed by atoms with E-state index in [1.165, 1.54) is 6.08 Å². The first kappa shape index (κ1) is 25.2. The minimum atomic E-state index is -0.505. The van der Waals surface area contributed by atoms with Crippen LogP contribution in [0.25, 0.3) is 17.2 Å². The van der Waals surface area contributed by atoms with Gasteiger partial charge in [0.25, 0.3) is 0 Å². The zero-order chi connectivity index (χ0) is 25.2. The Balaban J connectivity index is 1.48. The zero-order valence-corrected chi connectivity index (χ0v) is 19.7. The molecule has 0 unspecified atom stereocenters. The third kappa shape index (κ3) is 7.26. The number of carbonyl (C=O) groups excluding carboxylic acids is 2. The van der Waals surface area contributed by atoms with Crippen molar-refractivity contribution in [1.29, 1.82) is 0 Å². The third-order valence-electron chi connectivity index (χ3n) is 5.20. The summed E-state index contributed by atoms with van der Waals surface area (Å²) in [5.41, 5.74) is 15.6. The molecule has 0 spiro atoms. The van der Waals surface area contributed by atoms with E-state index in [9.17, 15) is 9.59 Å². The van der Waals surface area contributed by atoms with Gasteiger partial charge in [0.2, 0.25) is 5.91 Å². The molecule has 35 heavy (non-hydrogen) atoms. The van der Waals surface area contributed by atoms with Crippen molar-refractivity contribution in [3.63, 3.8) is 0 Å².